The summed E-state index contributed by atoms with van der Waals surface area (Å²) in [4.78, 5) is 12.1. The van der Waals surface area contributed by atoms with E-state index in [9.17, 15) is 13.6 Å². The standard InChI is InChI=1S/C13H13F2N3O/c1-7-12(8(2)18(3)17-7)13(19)16-11-6-9(14)4-5-10(11)15/h4-6H,1-3H3,(H,16,19). The lowest BCUT2D eigenvalue weighted by Crippen LogP contribution is -2.15. The molecule has 1 amide bonds. The van der Waals surface area contributed by atoms with Crippen LogP contribution in [0.1, 0.15) is 21.7 Å². The summed E-state index contributed by atoms with van der Waals surface area (Å²) in [7, 11) is 1.71. The van der Waals surface area contributed by atoms with Crippen LogP contribution in [-0.4, -0.2) is 15.7 Å². The maximum Gasteiger partial charge on any atom is 0.259 e. The number of rotatable bonds is 2. The lowest BCUT2D eigenvalue weighted by Gasteiger charge is -2.07. The molecule has 0 aliphatic rings. The highest BCUT2D eigenvalue weighted by atomic mass is 19.1. The molecule has 1 heterocycles. The van der Waals surface area contributed by atoms with Gasteiger partial charge in [0.25, 0.3) is 5.91 Å². The number of carbonyl (C=O) groups is 1. The van der Waals surface area contributed by atoms with Gasteiger partial charge in [0.15, 0.2) is 0 Å². The van der Waals surface area contributed by atoms with E-state index in [-0.39, 0.29) is 5.69 Å². The van der Waals surface area contributed by atoms with E-state index in [1.54, 1.807) is 25.6 Å². The second-order valence-corrected chi connectivity index (χ2v) is 4.25. The van der Waals surface area contributed by atoms with E-state index in [4.69, 9.17) is 0 Å². The topological polar surface area (TPSA) is 46.9 Å². The molecule has 0 spiro atoms. The number of anilines is 1. The van der Waals surface area contributed by atoms with Gasteiger partial charge in [-0.3, -0.25) is 9.48 Å². The minimum atomic E-state index is -0.686. The molecule has 2 aromatic rings. The number of aromatic nitrogens is 2. The van der Waals surface area contributed by atoms with Crippen LogP contribution in [0.5, 0.6) is 0 Å². The summed E-state index contributed by atoms with van der Waals surface area (Å²) in [5.74, 6) is -1.81. The summed E-state index contributed by atoms with van der Waals surface area (Å²) >= 11 is 0. The van der Waals surface area contributed by atoms with Gasteiger partial charge in [-0.15, -0.1) is 0 Å². The molecule has 0 aliphatic carbocycles. The minimum absolute atomic E-state index is 0.187. The van der Waals surface area contributed by atoms with Gasteiger partial charge in [-0.1, -0.05) is 0 Å². The molecular formula is C13H13F2N3O. The molecule has 0 saturated heterocycles. The summed E-state index contributed by atoms with van der Waals surface area (Å²) in [6.45, 7) is 3.42. The number of nitrogens with one attached hydrogen (secondary N) is 1. The lowest BCUT2D eigenvalue weighted by atomic mass is 10.1. The Labute approximate surface area is 109 Å². The highest BCUT2D eigenvalue weighted by Gasteiger charge is 2.18. The van der Waals surface area contributed by atoms with Gasteiger partial charge < -0.3 is 5.32 Å². The van der Waals surface area contributed by atoms with Gasteiger partial charge in [0.2, 0.25) is 0 Å². The predicted octanol–water partition coefficient (Wildman–Crippen LogP) is 2.57. The molecule has 0 unspecified atom stereocenters. The molecule has 6 heteroatoms. The molecule has 4 nitrogen and oxygen atoms in total. The number of halogens is 2. The van der Waals surface area contributed by atoms with Crippen molar-refractivity contribution in [2.75, 3.05) is 5.32 Å². The zero-order valence-corrected chi connectivity index (χ0v) is 10.8. The number of hydrogen-bond acceptors (Lipinski definition) is 2. The summed E-state index contributed by atoms with van der Waals surface area (Å²) in [5, 5.41) is 6.46. The molecule has 0 saturated carbocycles. The fourth-order valence-corrected chi connectivity index (χ4v) is 1.88. The highest BCUT2D eigenvalue weighted by molar-refractivity contribution is 6.05. The first kappa shape index (κ1) is 13.2. The Morgan fingerprint density at radius 1 is 1.32 bits per heavy atom. The van der Waals surface area contributed by atoms with Crippen LogP contribution in [0.4, 0.5) is 14.5 Å². The monoisotopic (exact) mass is 265 g/mol. The van der Waals surface area contributed by atoms with Crippen molar-refractivity contribution in [1.82, 2.24) is 9.78 Å². The second-order valence-electron chi connectivity index (χ2n) is 4.25. The molecule has 19 heavy (non-hydrogen) atoms. The molecule has 0 fully saturated rings. The van der Waals surface area contributed by atoms with Crippen LogP contribution in [0.2, 0.25) is 0 Å². The Morgan fingerprint density at radius 2 is 2.00 bits per heavy atom. The molecule has 100 valence electrons. The molecule has 1 N–H and O–H groups in total. The molecule has 0 radical (unpaired) electrons. The second kappa shape index (κ2) is 4.79. The molecular weight excluding hydrogens is 252 g/mol. The van der Waals surface area contributed by atoms with Gasteiger partial charge in [0.1, 0.15) is 11.6 Å². The molecule has 1 aromatic heterocycles. The van der Waals surface area contributed by atoms with E-state index >= 15 is 0 Å². The van der Waals surface area contributed by atoms with Gasteiger partial charge >= 0.3 is 0 Å². The van der Waals surface area contributed by atoms with Crippen LogP contribution < -0.4 is 5.32 Å². The molecule has 1 aromatic carbocycles. The van der Waals surface area contributed by atoms with Gasteiger partial charge in [-0.25, -0.2) is 8.78 Å². The van der Waals surface area contributed by atoms with Crippen LogP contribution in [-0.2, 0) is 7.05 Å². The average Bonchev–Trinajstić information content (AvgIpc) is 2.58. The lowest BCUT2D eigenvalue weighted by molar-refractivity contribution is 0.102. The molecule has 0 bridgehead atoms. The third-order valence-corrected chi connectivity index (χ3v) is 2.91. The van der Waals surface area contributed by atoms with Crippen molar-refractivity contribution in [3.8, 4) is 0 Å². The van der Waals surface area contributed by atoms with E-state index in [1.807, 2.05) is 0 Å². The number of benzene rings is 1. The predicted molar refractivity (Wildman–Crippen MR) is 67.0 cm³/mol. The van der Waals surface area contributed by atoms with Crippen molar-refractivity contribution in [2.45, 2.75) is 13.8 Å². The first-order chi connectivity index (χ1) is 8.90. The third kappa shape index (κ3) is 2.47. The number of hydrogen-bond donors (Lipinski definition) is 1. The van der Waals surface area contributed by atoms with Crippen LogP contribution in [0.15, 0.2) is 18.2 Å². The number of amides is 1. The van der Waals surface area contributed by atoms with E-state index in [2.05, 4.69) is 10.4 Å². The maximum absolute atomic E-state index is 13.4. The quantitative estimate of drug-likeness (QED) is 0.907. The first-order valence-electron chi connectivity index (χ1n) is 5.66. The van der Waals surface area contributed by atoms with Gasteiger partial charge in [0, 0.05) is 18.8 Å². The van der Waals surface area contributed by atoms with E-state index in [1.165, 1.54) is 0 Å². The maximum atomic E-state index is 13.4. The van der Waals surface area contributed by atoms with Gasteiger partial charge in [-0.2, -0.15) is 5.10 Å². The summed E-state index contributed by atoms with van der Waals surface area (Å²) < 4.78 is 28.0. The Bertz CT molecular complexity index is 650. The molecule has 0 atom stereocenters. The summed E-state index contributed by atoms with van der Waals surface area (Å²) in [5.41, 5.74) is 1.37. The smallest absolute Gasteiger partial charge is 0.259 e. The molecule has 0 aliphatic heterocycles. The Balaban J connectivity index is 2.33. The van der Waals surface area contributed by atoms with Crippen LogP contribution in [0, 0.1) is 25.5 Å². The van der Waals surface area contributed by atoms with Crippen molar-refractivity contribution >= 4 is 11.6 Å². The number of nitrogens with zero attached hydrogens (tertiary/aromatic N) is 2. The minimum Gasteiger partial charge on any atom is -0.319 e. The fourth-order valence-electron chi connectivity index (χ4n) is 1.88. The van der Waals surface area contributed by atoms with Crippen molar-refractivity contribution in [3.63, 3.8) is 0 Å². The van der Waals surface area contributed by atoms with Crippen molar-refractivity contribution in [3.05, 3.63) is 46.8 Å². The normalized spacial score (nSPS) is 10.6. The van der Waals surface area contributed by atoms with Crippen LogP contribution in [0.3, 0.4) is 0 Å². The van der Waals surface area contributed by atoms with Crippen LogP contribution >= 0.6 is 0 Å². The SMILES string of the molecule is Cc1nn(C)c(C)c1C(=O)Nc1cc(F)ccc1F. The Hall–Kier alpha value is -2.24. The summed E-state index contributed by atoms with van der Waals surface area (Å²) in [6, 6.07) is 2.90. The zero-order valence-electron chi connectivity index (χ0n) is 10.8. The average molecular weight is 265 g/mol. The van der Waals surface area contributed by atoms with Crippen LogP contribution in [0.25, 0.3) is 0 Å². The first-order valence-corrected chi connectivity index (χ1v) is 5.66. The largest absolute Gasteiger partial charge is 0.319 e. The Morgan fingerprint density at radius 3 is 2.58 bits per heavy atom. The molecule has 2 rings (SSSR count). The van der Waals surface area contributed by atoms with Crippen molar-refractivity contribution < 1.29 is 13.6 Å². The third-order valence-electron chi connectivity index (χ3n) is 2.91. The number of carbonyl (C=O) groups excluding carboxylic acids is 1. The van der Waals surface area contributed by atoms with Crippen molar-refractivity contribution in [1.29, 1.82) is 0 Å². The van der Waals surface area contributed by atoms with E-state index in [0.29, 0.717) is 17.0 Å². The summed E-state index contributed by atoms with van der Waals surface area (Å²) in [6.07, 6.45) is 0. The Kier molecular flexibility index (Phi) is 3.33. The van der Waals surface area contributed by atoms with Gasteiger partial charge in [-0.05, 0) is 26.0 Å². The van der Waals surface area contributed by atoms with Gasteiger partial charge in [0.05, 0.1) is 16.9 Å². The number of aryl methyl sites for hydroxylation is 2. The van der Waals surface area contributed by atoms with E-state index in [0.717, 1.165) is 18.2 Å². The highest BCUT2D eigenvalue weighted by Crippen LogP contribution is 2.18. The van der Waals surface area contributed by atoms with E-state index < -0.39 is 17.5 Å². The fraction of sp³-hybridized carbons (Fsp3) is 0.231. The van der Waals surface area contributed by atoms with Crippen molar-refractivity contribution in [2.24, 2.45) is 7.05 Å². The zero-order chi connectivity index (χ0) is 14.2.